The monoisotopic (exact) mass is 494 g/mol. The van der Waals surface area contributed by atoms with E-state index < -0.39 is 11.7 Å². The molecule has 0 unspecified atom stereocenters. The molecule has 0 radical (unpaired) electrons. The van der Waals surface area contributed by atoms with Crippen LogP contribution in [0.2, 0.25) is 5.02 Å². The van der Waals surface area contributed by atoms with Crippen LogP contribution in [0.15, 0.2) is 81.8 Å². The van der Waals surface area contributed by atoms with E-state index in [1.807, 2.05) is 48.5 Å². The number of fused-ring (bicyclic) bond motifs is 1. The summed E-state index contributed by atoms with van der Waals surface area (Å²) in [5.41, 5.74) is -0.194. The van der Waals surface area contributed by atoms with E-state index in [0.717, 1.165) is 38.2 Å². The lowest BCUT2D eigenvalue weighted by Gasteiger charge is -2.11. The number of rotatable bonds is 6. The Morgan fingerprint density at radius 3 is 2.53 bits per heavy atom. The van der Waals surface area contributed by atoms with E-state index in [0.29, 0.717) is 5.69 Å². The quantitative estimate of drug-likeness (QED) is 0.319. The fourth-order valence-electron chi connectivity index (χ4n) is 2.78. The molecule has 0 saturated heterocycles. The number of benzene rings is 2. The van der Waals surface area contributed by atoms with Gasteiger partial charge in [-0.15, -0.1) is 10.2 Å². The lowest BCUT2D eigenvalue weighted by Crippen LogP contribution is -2.15. The number of aromatic nitrogens is 3. The van der Waals surface area contributed by atoms with E-state index >= 15 is 0 Å². The van der Waals surface area contributed by atoms with Crippen LogP contribution in [-0.2, 0) is 11.0 Å². The zero-order valence-electron chi connectivity index (χ0n) is 16.1. The lowest BCUT2D eigenvalue weighted by atomic mass is 10.3. The number of halogens is 4. The molecule has 2 aromatic carbocycles. The number of nitrogens with zero attached hydrogens (tertiary/aromatic N) is 3. The molecule has 0 aliphatic rings. The average Bonchev–Trinajstić information content (AvgIpc) is 3.17. The number of thioether (sulfide) groups is 1. The van der Waals surface area contributed by atoms with Crippen molar-refractivity contribution in [3.63, 3.8) is 0 Å². The largest absolute Gasteiger partial charge is 0.417 e. The maximum Gasteiger partial charge on any atom is 0.417 e. The Morgan fingerprint density at radius 2 is 1.78 bits per heavy atom. The summed E-state index contributed by atoms with van der Waals surface area (Å²) in [5, 5.41) is 10.5. The van der Waals surface area contributed by atoms with Crippen LogP contribution >= 0.6 is 35.1 Å². The normalized spacial score (nSPS) is 11.6. The van der Waals surface area contributed by atoms with Gasteiger partial charge in [0, 0.05) is 16.0 Å². The van der Waals surface area contributed by atoms with E-state index in [2.05, 4.69) is 15.5 Å². The number of nitrogens with one attached hydrogen (secondary N) is 1. The van der Waals surface area contributed by atoms with Gasteiger partial charge in [0.25, 0.3) is 0 Å². The third kappa shape index (κ3) is 5.20. The molecule has 0 bridgehead atoms. The second-order valence-electron chi connectivity index (χ2n) is 6.50. The van der Waals surface area contributed by atoms with Crippen molar-refractivity contribution >= 4 is 52.4 Å². The molecule has 32 heavy (non-hydrogen) atoms. The number of anilines is 1. The third-order valence-electron chi connectivity index (χ3n) is 4.22. The summed E-state index contributed by atoms with van der Waals surface area (Å²) < 4.78 is 40.4. The molecule has 5 nitrogen and oxygen atoms in total. The van der Waals surface area contributed by atoms with Crippen molar-refractivity contribution in [1.29, 1.82) is 0 Å². The third-order valence-corrected chi connectivity index (χ3v) is 6.53. The highest BCUT2D eigenvalue weighted by atomic mass is 35.5. The number of hydrogen-bond acceptors (Lipinski definition) is 5. The summed E-state index contributed by atoms with van der Waals surface area (Å²) in [4.78, 5) is 14.4. The molecule has 0 fully saturated rings. The number of amides is 1. The van der Waals surface area contributed by atoms with Gasteiger partial charge in [0.15, 0.2) is 10.8 Å². The van der Waals surface area contributed by atoms with E-state index in [9.17, 15) is 18.0 Å². The molecule has 0 atom stereocenters. The zero-order valence-corrected chi connectivity index (χ0v) is 18.5. The van der Waals surface area contributed by atoms with Crippen LogP contribution in [0.1, 0.15) is 5.56 Å². The summed E-state index contributed by atoms with van der Waals surface area (Å²) in [7, 11) is 0. The Kier molecular flexibility index (Phi) is 6.63. The van der Waals surface area contributed by atoms with Crippen molar-refractivity contribution in [2.45, 2.75) is 21.1 Å². The average molecular weight is 495 g/mol. The van der Waals surface area contributed by atoms with Gasteiger partial charge in [0.05, 0.1) is 22.0 Å². The Balaban J connectivity index is 1.47. The van der Waals surface area contributed by atoms with Crippen molar-refractivity contribution in [1.82, 2.24) is 14.6 Å². The van der Waals surface area contributed by atoms with Gasteiger partial charge in [-0.1, -0.05) is 65.5 Å². The molecule has 1 N–H and O–H groups in total. The van der Waals surface area contributed by atoms with Crippen molar-refractivity contribution in [3.05, 3.63) is 77.4 Å². The van der Waals surface area contributed by atoms with Crippen LogP contribution in [-0.4, -0.2) is 26.3 Å². The minimum Gasteiger partial charge on any atom is -0.324 e. The predicted molar refractivity (Wildman–Crippen MR) is 119 cm³/mol. The number of carbonyl (C=O) groups is 1. The Hall–Kier alpha value is -2.69. The maximum atomic E-state index is 13.1. The standard InChI is InChI=1S/C21H14ClF3N4OS2/c22-15-10-13(21(23,24)25)11-29-19(15)27-28-20(29)31-12-18(30)26-16-8-4-5-9-17(16)32-14-6-2-1-3-7-14/h1-11H,12H2,(H,26,30). The molecule has 11 heteroatoms. The fraction of sp³-hybridized carbons (Fsp3) is 0.0952. The van der Waals surface area contributed by atoms with Crippen LogP contribution in [0.4, 0.5) is 18.9 Å². The molecular weight excluding hydrogens is 481 g/mol. The summed E-state index contributed by atoms with van der Waals surface area (Å²) in [6, 6.07) is 17.9. The molecule has 4 rings (SSSR count). The summed E-state index contributed by atoms with van der Waals surface area (Å²) in [6.07, 6.45) is -3.70. The molecule has 2 heterocycles. The van der Waals surface area contributed by atoms with Crippen LogP contribution in [0, 0.1) is 0 Å². The summed E-state index contributed by atoms with van der Waals surface area (Å²) >= 11 is 8.40. The topological polar surface area (TPSA) is 59.3 Å². The van der Waals surface area contributed by atoms with Crippen molar-refractivity contribution in [2.24, 2.45) is 0 Å². The first kappa shape index (κ1) is 22.5. The minimum atomic E-state index is -4.57. The highest BCUT2D eigenvalue weighted by Crippen LogP contribution is 2.34. The smallest absolute Gasteiger partial charge is 0.324 e. The number of carbonyl (C=O) groups excluding carboxylic acids is 1. The van der Waals surface area contributed by atoms with Crippen molar-refractivity contribution < 1.29 is 18.0 Å². The van der Waals surface area contributed by atoms with Crippen LogP contribution in [0.5, 0.6) is 0 Å². The van der Waals surface area contributed by atoms with Crippen LogP contribution < -0.4 is 5.32 Å². The highest BCUT2D eigenvalue weighted by molar-refractivity contribution is 8.00. The first-order valence-electron chi connectivity index (χ1n) is 9.17. The number of para-hydroxylation sites is 1. The van der Waals surface area contributed by atoms with Gasteiger partial charge in [-0.3, -0.25) is 9.20 Å². The molecule has 0 aliphatic carbocycles. The van der Waals surface area contributed by atoms with Gasteiger partial charge in [0.2, 0.25) is 5.91 Å². The Bertz CT molecular complexity index is 1270. The van der Waals surface area contributed by atoms with Crippen molar-refractivity contribution in [3.8, 4) is 0 Å². The van der Waals surface area contributed by atoms with Gasteiger partial charge in [-0.2, -0.15) is 13.2 Å². The van der Waals surface area contributed by atoms with E-state index in [1.54, 1.807) is 6.07 Å². The van der Waals surface area contributed by atoms with E-state index in [-0.39, 0.29) is 27.5 Å². The van der Waals surface area contributed by atoms with Crippen molar-refractivity contribution in [2.75, 3.05) is 11.1 Å². The molecule has 4 aromatic rings. The first-order chi connectivity index (χ1) is 15.3. The van der Waals surface area contributed by atoms with E-state index in [1.165, 1.54) is 11.8 Å². The molecule has 0 spiro atoms. The molecule has 0 saturated carbocycles. The van der Waals surface area contributed by atoms with Gasteiger partial charge in [-0.05, 0) is 30.3 Å². The second-order valence-corrected chi connectivity index (χ2v) is 8.96. The van der Waals surface area contributed by atoms with E-state index in [4.69, 9.17) is 11.6 Å². The van der Waals surface area contributed by atoms with Gasteiger partial charge >= 0.3 is 6.18 Å². The second kappa shape index (κ2) is 9.43. The summed E-state index contributed by atoms with van der Waals surface area (Å²) in [6.45, 7) is 0. The fourth-order valence-corrected chi connectivity index (χ4v) is 4.66. The highest BCUT2D eigenvalue weighted by Gasteiger charge is 2.32. The Labute approximate surface area is 194 Å². The number of alkyl halides is 3. The van der Waals surface area contributed by atoms with Gasteiger partial charge in [0.1, 0.15) is 0 Å². The molecule has 164 valence electrons. The SMILES string of the molecule is O=C(CSc1nnc2c(Cl)cc(C(F)(F)F)cn12)Nc1ccccc1Sc1ccccc1. The maximum absolute atomic E-state index is 13.1. The lowest BCUT2D eigenvalue weighted by molar-refractivity contribution is -0.137. The first-order valence-corrected chi connectivity index (χ1v) is 11.4. The van der Waals surface area contributed by atoms with Gasteiger partial charge in [-0.25, -0.2) is 0 Å². The molecule has 1 amide bonds. The minimum absolute atomic E-state index is 0.0704. The zero-order chi connectivity index (χ0) is 22.7. The molecule has 2 aromatic heterocycles. The summed E-state index contributed by atoms with van der Waals surface area (Å²) in [5.74, 6) is -0.398. The van der Waals surface area contributed by atoms with Crippen LogP contribution in [0.3, 0.4) is 0 Å². The van der Waals surface area contributed by atoms with Gasteiger partial charge < -0.3 is 5.32 Å². The Morgan fingerprint density at radius 1 is 1.06 bits per heavy atom. The number of hydrogen-bond donors (Lipinski definition) is 1. The number of pyridine rings is 1. The molecular formula is C21H14ClF3N4OS2. The predicted octanol–water partition coefficient (Wildman–Crippen LogP) is 6.28. The molecule has 0 aliphatic heterocycles. The van der Waals surface area contributed by atoms with Crippen LogP contribution in [0.25, 0.3) is 5.65 Å².